The van der Waals surface area contributed by atoms with E-state index < -0.39 is 0 Å². The molecule has 0 N–H and O–H groups in total. The molecule has 2 aromatic carbocycles. The Hall–Kier alpha value is -1.19. The predicted molar refractivity (Wildman–Crippen MR) is 93.7 cm³/mol. The minimum atomic E-state index is -0.389. The molecule has 2 rings (SSSR count). The van der Waals surface area contributed by atoms with E-state index in [4.69, 9.17) is 0 Å². The van der Waals surface area contributed by atoms with Crippen LogP contribution in [0.25, 0.3) is 0 Å². The van der Waals surface area contributed by atoms with E-state index in [1.165, 1.54) is 30.0 Å². The first kappa shape index (κ1) is 17.2. The molecular formula is C15H14FIN2O2S. The highest BCUT2D eigenvalue weighted by atomic mass is 127. The van der Waals surface area contributed by atoms with E-state index in [1.54, 1.807) is 12.1 Å². The fourth-order valence-corrected chi connectivity index (χ4v) is 3.43. The number of nitro groups is 1. The summed E-state index contributed by atoms with van der Waals surface area (Å²) < 4.78 is 14.3. The van der Waals surface area contributed by atoms with Gasteiger partial charge in [-0.1, -0.05) is 11.8 Å². The van der Waals surface area contributed by atoms with Gasteiger partial charge in [0, 0.05) is 21.1 Å². The molecule has 0 saturated carbocycles. The quantitative estimate of drug-likeness (QED) is 0.395. The average Bonchev–Trinajstić information content (AvgIpc) is 2.42. The van der Waals surface area contributed by atoms with Gasteiger partial charge in [-0.05, 0) is 72.6 Å². The van der Waals surface area contributed by atoms with Gasteiger partial charge in [-0.25, -0.2) is 4.39 Å². The number of rotatable bonds is 5. The zero-order valence-corrected chi connectivity index (χ0v) is 15.0. The summed E-state index contributed by atoms with van der Waals surface area (Å²) in [5.74, 6) is -0.307. The van der Waals surface area contributed by atoms with Crippen molar-refractivity contribution < 1.29 is 9.31 Å². The van der Waals surface area contributed by atoms with E-state index in [-0.39, 0.29) is 16.4 Å². The molecule has 0 atom stereocenters. The zero-order valence-electron chi connectivity index (χ0n) is 12.0. The lowest BCUT2D eigenvalue weighted by Crippen LogP contribution is -2.11. The van der Waals surface area contributed by atoms with Crippen LogP contribution in [0.4, 0.5) is 10.1 Å². The van der Waals surface area contributed by atoms with Gasteiger partial charge in [-0.15, -0.1) is 0 Å². The van der Waals surface area contributed by atoms with Gasteiger partial charge in [0.05, 0.1) is 9.82 Å². The van der Waals surface area contributed by atoms with Crippen molar-refractivity contribution in [2.45, 2.75) is 16.3 Å². The third kappa shape index (κ3) is 4.40. The molecule has 0 fully saturated rings. The second-order valence-electron chi connectivity index (χ2n) is 4.96. The van der Waals surface area contributed by atoms with Gasteiger partial charge in [0.15, 0.2) is 0 Å². The van der Waals surface area contributed by atoms with Gasteiger partial charge >= 0.3 is 0 Å². The third-order valence-corrected chi connectivity index (χ3v) is 4.70. The Kier molecular flexibility index (Phi) is 5.76. The first-order valence-electron chi connectivity index (χ1n) is 6.42. The van der Waals surface area contributed by atoms with Crippen LogP contribution in [0.2, 0.25) is 0 Å². The monoisotopic (exact) mass is 432 g/mol. The molecule has 0 aliphatic heterocycles. The van der Waals surface area contributed by atoms with Crippen LogP contribution in [0.1, 0.15) is 5.56 Å². The van der Waals surface area contributed by atoms with Gasteiger partial charge < -0.3 is 4.90 Å². The van der Waals surface area contributed by atoms with Gasteiger partial charge in [-0.3, -0.25) is 10.1 Å². The number of halogens is 2. The molecule has 0 aliphatic rings. The first-order valence-corrected chi connectivity index (χ1v) is 8.31. The Morgan fingerprint density at radius 2 is 1.91 bits per heavy atom. The molecule has 22 heavy (non-hydrogen) atoms. The van der Waals surface area contributed by atoms with Crippen LogP contribution in [-0.2, 0) is 6.54 Å². The minimum Gasteiger partial charge on any atom is -0.305 e. The molecule has 0 amide bonds. The molecule has 4 nitrogen and oxygen atoms in total. The third-order valence-electron chi connectivity index (χ3n) is 2.85. The van der Waals surface area contributed by atoms with Crippen molar-refractivity contribution in [3.63, 3.8) is 0 Å². The largest absolute Gasteiger partial charge is 0.305 e. The van der Waals surface area contributed by atoms with E-state index >= 15 is 0 Å². The summed E-state index contributed by atoms with van der Waals surface area (Å²) >= 11 is 3.33. The maximum Gasteiger partial charge on any atom is 0.284 e. The predicted octanol–water partition coefficient (Wildman–Crippen LogP) is 4.55. The highest BCUT2D eigenvalue weighted by Gasteiger charge is 2.17. The van der Waals surface area contributed by atoms with E-state index in [0.29, 0.717) is 11.4 Å². The van der Waals surface area contributed by atoms with Gasteiger partial charge in [-0.2, -0.15) is 0 Å². The van der Waals surface area contributed by atoms with Crippen molar-refractivity contribution in [3.05, 3.63) is 61.5 Å². The van der Waals surface area contributed by atoms with Crippen LogP contribution < -0.4 is 0 Å². The molecule has 0 unspecified atom stereocenters. The molecule has 2 aromatic rings. The summed E-state index contributed by atoms with van der Waals surface area (Å²) in [5.41, 5.74) is 0.875. The van der Waals surface area contributed by atoms with Crippen molar-refractivity contribution in [3.8, 4) is 0 Å². The summed E-state index contributed by atoms with van der Waals surface area (Å²) in [6.07, 6.45) is 0. The van der Waals surface area contributed by atoms with Crippen LogP contribution in [0, 0.1) is 19.5 Å². The molecule has 7 heteroatoms. The molecule has 0 spiro atoms. The molecule has 0 aliphatic carbocycles. The molecule has 116 valence electrons. The van der Waals surface area contributed by atoms with E-state index in [0.717, 1.165) is 14.0 Å². The van der Waals surface area contributed by atoms with Crippen molar-refractivity contribution >= 4 is 40.0 Å². The van der Waals surface area contributed by atoms with Crippen molar-refractivity contribution in [1.82, 2.24) is 4.90 Å². The summed E-state index contributed by atoms with van der Waals surface area (Å²) in [6.45, 7) is 0.568. The van der Waals surface area contributed by atoms with Gasteiger partial charge in [0.2, 0.25) is 0 Å². The molecule has 0 radical (unpaired) electrons. The van der Waals surface area contributed by atoms with E-state index in [1.807, 2.05) is 47.7 Å². The Bertz CT molecular complexity index is 710. The lowest BCUT2D eigenvalue weighted by Gasteiger charge is -2.14. The summed E-state index contributed by atoms with van der Waals surface area (Å²) in [5, 5.41) is 11.2. The lowest BCUT2D eigenvalue weighted by atomic mass is 10.2. The Morgan fingerprint density at radius 3 is 2.55 bits per heavy atom. The Morgan fingerprint density at radius 1 is 1.23 bits per heavy atom. The Balaban J connectivity index is 2.41. The first-order chi connectivity index (χ1) is 10.4. The van der Waals surface area contributed by atoms with Crippen molar-refractivity contribution in [2.24, 2.45) is 0 Å². The standard InChI is InChI=1S/C15H14FIN2O2S/c1-18(2)9-10-7-11(16)3-5-14(10)22-15-6-4-12(17)8-13(15)19(20)21/h3-8H,9H2,1-2H3. The Labute approximate surface area is 146 Å². The zero-order chi connectivity index (χ0) is 16.3. The number of benzene rings is 2. The van der Waals surface area contributed by atoms with E-state index in [9.17, 15) is 14.5 Å². The van der Waals surface area contributed by atoms with E-state index in [2.05, 4.69) is 0 Å². The summed E-state index contributed by atoms with van der Waals surface area (Å²) in [6, 6.07) is 9.61. The summed E-state index contributed by atoms with van der Waals surface area (Å²) in [7, 11) is 3.79. The average molecular weight is 432 g/mol. The maximum absolute atomic E-state index is 13.5. The number of hydrogen-bond acceptors (Lipinski definition) is 4. The number of hydrogen-bond donors (Lipinski definition) is 0. The molecule has 0 saturated heterocycles. The molecule has 0 bridgehead atoms. The molecule has 0 aromatic heterocycles. The maximum atomic E-state index is 13.5. The molecule has 0 heterocycles. The smallest absolute Gasteiger partial charge is 0.284 e. The van der Waals surface area contributed by atoms with Crippen molar-refractivity contribution in [2.75, 3.05) is 14.1 Å². The summed E-state index contributed by atoms with van der Waals surface area (Å²) in [4.78, 5) is 14.1. The van der Waals surface area contributed by atoms with Gasteiger partial charge in [0.1, 0.15) is 5.82 Å². The van der Waals surface area contributed by atoms with Crippen LogP contribution in [0.3, 0.4) is 0 Å². The van der Waals surface area contributed by atoms with Crippen molar-refractivity contribution in [1.29, 1.82) is 0 Å². The van der Waals surface area contributed by atoms with Crippen LogP contribution in [-0.4, -0.2) is 23.9 Å². The number of nitrogens with zero attached hydrogens (tertiary/aromatic N) is 2. The fraction of sp³-hybridized carbons (Fsp3) is 0.200. The minimum absolute atomic E-state index is 0.0667. The topological polar surface area (TPSA) is 46.4 Å². The highest BCUT2D eigenvalue weighted by Crippen LogP contribution is 2.37. The second kappa shape index (κ2) is 7.38. The SMILES string of the molecule is CN(C)Cc1cc(F)ccc1Sc1ccc(I)cc1[N+](=O)[O-]. The van der Waals surface area contributed by atoms with Gasteiger partial charge in [0.25, 0.3) is 5.69 Å². The second-order valence-corrected chi connectivity index (χ2v) is 7.29. The molecular weight excluding hydrogens is 418 g/mol. The van der Waals surface area contributed by atoms with Crippen LogP contribution in [0.5, 0.6) is 0 Å². The lowest BCUT2D eigenvalue weighted by molar-refractivity contribution is -0.387. The highest BCUT2D eigenvalue weighted by molar-refractivity contribution is 14.1. The number of nitro benzene ring substituents is 1. The fourth-order valence-electron chi connectivity index (χ4n) is 1.95. The van der Waals surface area contributed by atoms with Crippen LogP contribution in [0.15, 0.2) is 46.2 Å². The normalized spacial score (nSPS) is 11.0. The van der Waals surface area contributed by atoms with Crippen LogP contribution >= 0.6 is 34.4 Å².